The number of benzene rings is 1. The molecular formula is C13H14Cl2N2S. The highest BCUT2D eigenvalue weighted by atomic mass is 35.5. The van der Waals surface area contributed by atoms with Gasteiger partial charge in [-0.05, 0) is 32.0 Å². The summed E-state index contributed by atoms with van der Waals surface area (Å²) in [6.45, 7) is 2.02. The maximum atomic E-state index is 6.22. The normalized spacial score (nSPS) is 12.7. The van der Waals surface area contributed by atoms with E-state index in [-0.39, 0.29) is 6.04 Å². The molecule has 0 amide bonds. The van der Waals surface area contributed by atoms with Crippen molar-refractivity contribution >= 4 is 34.5 Å². The van der Waals surface area contributed by atoms with E-state index in [9.17, 15) is 0 Å². The number of halogens is 2. The van der Waals surface area contributed by atoms with Crippen molar-refractivity contribution in [2.75, 3.05) is 7.05 Å². The van der Waals surface area contributed by atoms with Gasteiger partial charge in [-0.15, -0.1) is 11.3 Å². The third kappa shape index (κ3) is 2.86. The number of nitrogens with one attached hydrogen (secondary N) is 1. The standard InChI is InChI=1S/C13H14Cl2N2S/c1-8-13(18-7-17-8)11(16-2)6-9-4-3-5-10(14)12(9)15/h3-5,7,11,16H,6H2,1-2H3. The number of thiazole rings is 1. The summed E-state index contributed by atoms with van der Waals surface area (Å²) >= 11 is 13.9. The second kappa shape index (κ2) is 6.02. The zero-order chi connectivity index (χ0) is 13.1. The average Bonchev–Trinajstić information content (AvgIpc) is 2.77. The van der Waals surface area contributed by atoms with Gasteiger partial charge >= 0.3 is 0 Å². The van der Waals surface area contributed by atoms with Crippen molar-refractivity contribution in [2.45, 2.75) is 19.4 Å². The summed E-state index contributed by atoms with van der Waals surface area (Å²) in [4.78, 5) is 5.53. The van der Waals surface area contributed by atoms with Gasteiger partial charge in [0.25, 0.3) is 0 Å². The molecule has 0 radical (unpaired) electrons. The van der Waals surface area contributed by atoms with Crippen molar-refractivity contribution in [1.29, 1.82) is 0 Å². The van der Waals surface area contributed by atoms with Gasteiger partial charge < -0.3 is 5.32 Å². The first kappa shape index (κ1) is 13.8. The topological polar surface area (TPSA) is 24.9 Å². The molecule has 0 saturated heterocycles. The summed E-state index contributed by atoms with van der Waals surface area (Å²) in [5.41, 5.74) is 3.99. The van der Waals surface area contributed by atoms with Crippen LogP contribution in [0.3, 0.4) is 0 Å². The van der Waals surface area contributed by atoms with Crippen LogP contribution < -0.4 is 5.32 Å². The summed E-state index contributed by atoms with van der Waals surface area (Å²) in [6, 6.07) is 5.96. The lowest BCUT2D eigenvalue weighted by Crippen LogP contribution is -2.18. The molecule has 2 aromatic rings. The van der Waals surface area contributed by atoms with Crippen LogP contribution in [0, 0.1) is 6.92 Å². The molecule has 2 rings (SSSR count). The third-order valence-electron chi connectivity index (χ3n) is 2.90. The minimum atomic E-state index is 0.216. The Morgan fingerprint density at radius 2 is 2.17 bits per heavy atom. The summed E-state index contributed by atoms with van der Waals surface area (Å²) in [6.07, 6.45) is 0.804. The molecule has 0 spiro atoms. The second-order valence-electron chi connectivity index (χ2n) is 4.06. The second-order valence-corrected chi connectivity index (χ2v) is 5.73. The number of likely N-dealkylation sites (N-methyl/N-ethyl adjacent to an activating group) is 1. The Labute approximate surface area is 121 Å². The van der Waals surface area contributed by atoms with Crippen LogP contribution in [0.4, 0.5) is 0 Å². The lowest BCUT2D eigenvalue weighted by Gasteiger charge is -2.16. The van der Waals surface area contributed by atoms with E-state index in [0.717, 1.165) is 17.7 Å². The molecule has 0 saturated carbocycles. The quantitative estimate of drug-likeness (QED) is 0.912. The van der Waals surface area contributed by atoms with Crippen molar-refractivity contribution in [1.82, 2.24) is 10.3 Å². The molecular weight excluding hydrogens is 287 g/mol. The van der Waals surface area contributed by atoms with Crippen molar-refractivity contribution in [3.05, 3.63) is 49.9 Å². The summed E-state index contributed by atoms with van der Waals surface area (Å²) in [5.74, 6) is 0. The van der Waals surface area contributed by atoms with Crippen LogP contribution in [0.25, 0.3) is 0 Å². The lowest BCUT2D eigenvalue weighted by molar-refractivity contribution is 0.598. The van der Waals surface area contributed by atoms with E-state index < -0.39 is 0 Å². The van der Waals surface area contributed by atoms with Crippen LogP contribution >= 0.6 is 34.5 Å². The van der Waals surface area contributed by atoms with Crippen LogP contribution in [-0.2, 0) is 6.42 Å². The predicted molar refractivity (Wildman–Crippen MR) is 78.8 cm³/mol. The number of aryl methyl sites for hydroxylation is 1. The van der Waals surface area contributed by atoms with E-state index in [1.807, 2.05) is 31.6 Å². The molecule has 1 unspecified atom stereocenters. The van der Waals surface area contributed by atoms with E-state index in [4.69, 9.17) is 23.2 Å². The van der Waals surface area contributed by atoms with Crippen LogP contribution in [0.15, 0.2) is 23.7 Å². The molecule has 1 aromatic heterocycles. The first-order valence-corrected chi connectivity index (χ1v) is 7.27. The van der Waals surface area contributed by atoms with Gasteiger partial charge in [-0.2, -0.15) is 0 Å². The molecule has 1 aromatic carbocycles. The first-order chi connectivity index (χ1) is 8.63. The van der Waals surface area contributed by atoms with Crippen LogP contribution in [0.2, 0.25) is 10.0 Å². The highest BCUT2D eigenvalue weighted by Crippen LogP contribution is 2.31. The molecule has 0 aliphatic heterocycles. The van der Waals surface area contributed by atoms with E-state index in [0.29, 0.717) is 10.0 Å². The Bertz CT molecular complexity index is 540. The van der Waals surface area contributed by atoms with Crippen LogP contribution in [0.5, 0.6) is 0 Å². The van der Waals surface area contributed by atoms with Crippen molar-refractivity contribution in [3.63, 3.8) is 0 Å². The summed E-state index contributed by atoms with van der Waals surface area (Å²) in [5, 5.41) is 4.55. The monoisotopic (exact) mass is 300 g/mol. The van der Waals surface area contributed by atoms with Crippen molar-refractivity contribution in [2.24, 2.45) is 0 Å². The SMILES string of the molecule is CNC(Cc1cccc(Cl)c1Cl)c1scnc1C. The van der Waals surface area contributed by atoms with Gasteiger partial charge in [0.2, 0.25) is 0 Å². The van der Waals surface area contributed by atoms with E-state index in [1.165, 1.54) is 4.88 Å². The number of nitrogens with zero attached hydrogens (tertiary/aromatic N) is 1. The zero-order valence-electron chi connectivity index (χ0n) is 10.2. The van der Waals surface area contributed by atoms with E-state index in [2.05, 4.69) is 10.3 Å². The van der Waals surface area contributed by atoms with Crippen molar-refractivity contribution < 1.29 is 0 Å². The fourth-order valence-electron chi connectivity index (χ4n) is 1.90. The molecule has 0 aliphatic rings. The Morgan fingerprint density at radius 1 is 1.39 bits per heavy atom. The van der Waals surface area contributed by atoms with Gasteiger partial charge in [0, 0.05) is 10.9 Å². The lowest BCUT2D eigenvalue weighted by atomic mass is 10.0. The maximum absolute atomic E-state index is 6.22. The Hall–Kier alpha value is -0.610. The minimum Gasteiger partial charge on any atom is -0.312 e. The van der Waals surface area contributed by atoms with Gasteiger partial charge in [-0.3, -0.25) is 0 Å². The van der Waals surface area contributed by atoms with Gasteiger partial charge in [-0.25, -0.2) is 4.98 Å². The largest absolute Gasteiger partial charge is 0.312 e. The Kier molecular flexibility index (Phi) is 4.62. The van der Waals surface area contributed by atoms with Gasteiger partial charge in [0.15, 0.2) is 0 Å². The molecule has 0 fully saturated rings. The molecule has 5 heteroatoms. The maximum Gasteiger partial charge on any atom is 0.0798 e. The molecule has 18 heavy (non-hydrogen) atoms. The fourth-order valence-corrected chi connectivity index (χ4v) is 3.21. The van der Waals surface area contributed by atoms with Gasteiger partial charge in [0.05, 0.1) is 21.2 Å². The molecule has 1 heterocycles. The predicted octanol–water partition coefficient (Wildman–Crippen LogP) is 4.26. The fraction of sp³-hybridized carbons (Fsp3) is 0.308. The Balaban J connectivity index is 2.26. The molecule has 0 aliphatic carbocycles. The molecule has 96 valence electrons. The summed E-state index contributed by atoms with van der Waals surface area (Å²) in [7, 11) is 1.95. The van der Waals surface area contributed by atoms with E-state index >= 15 is 0 Å². The van der Waals surface area contributed by atoms with E-state index in [1.54, 1.807) is 17.4 Å². The average molecular weight is 301 g/mol. The smallest absolute Gasteiger partial charge is 0.0798 e. The molecule has 2 nitrogen and oxygen atoms in total. The zero-order valence-corrected chi connectivity index (χ0v) is 12.5. The minimum absolute atomic E-state index is 0.216. The number of hydrogen-bond donors (Lipinski definition) is 1. The molecule has 1 N–H and O–H groups in total. The number of aromatic nitrogens is 1. The highest BCUT2D eigenvalue weighted by Gasteiger charge is 2.16. The Morgan fingerprint density at radius 3 is 2.78 bits per heavy atom. The van der Waals surface area contributed by atoms with Crippen LogP contribution in [0.1, 0.15) is 22.2 Å². The molecule has 0 bridgehead atoms. The van der Waals surface area contributed by atoms with Gasteiger partial charge in [-0.1, -0.05) is 35.3 Å². The van der Waals surface area contributed by atoms with Crippen LogP contribution in [-0.4, -0.2) is 12.0 Å². The van der Waals surface area contributed by atoms with Crippen molar-refractivity contribution in [3.8, 4) is 0 Å². The van der Waals surface area contributed by atoms with Gasteiger partial charge in [0.1, 0.15) is 0 Å². The first-order valence-electron chi connectivity index (χ1n) is 5.63. The third-order valence-corrected chi connectivity index (χ3v) is 4.81. The number of hydrogen-bond acceptors (Lipinski definition) is 3. The molecule has 1 atom stereocenters. The highest BCUT2D eigenvalue weighted by molar-refractivity contribution is 7.09. The number of rotatable bonds is 4. The summed E-state index contributed by atoms with van der Waals surface area (Å²) < 4.78 is 0.